The molecule has 0 aromatic heterocycles. The lowest BCUT2D eigenvalue weighted by molar-refractivity contribution is 0.243. The van der Waals surface area contributed by atoms with Crippen molar-refractivity contribution in [2.24, 2.45) is 5.41 Å². The lowest BCUT2D eigenvalue weighted by atomic mass is 9.79. The van der Waals surface area contributed by atoms with Crippen LogP contribution in [0.3, 0.4) is 0 Å². The van der Waals surface area contributed by atoms with Crippen molar-refractivity contribution in [1.82, 2.24) is 5.32 Å². The molecule has 1 spiro atoms. The molecule has 0 radical (unpaired) electrons. The third kappa shape index (κ3) is 1.55. The Morgan fingerprint density at radius 2 is 2.25 bits per heavy atom. The van der Waals surface area contributed by atoms with E-state index in [-0.39, 0.29) is 0 Å². The number of ether oxygens (including phenoxy) is 1. The van der Waals surface area contributed by atoms with Crippen molar-refractivity contribution in [2.75, 3.05) is 38.2 Å². The molecular weight excluding hydrogens is 200 g/mol. The minimum atomic E-state index is 0.559. The molecule has 2 saturated heterocycles. The van der Waals surface area contributed by atoms with E-state index in [1.165, 1.54) is 38.3 Å². The average molecular weight is 218 g/mol. The molecule has 0 saturated carbocycles. The largest absolute Gasteiger partial charge is 0.497 e. The molecule has 3 rings (SSSR count). The maximum absolute atomic E-state index is 5.25. The summed E-state index contributed by atoms with van der Waals surface area (Å²) in [5, 5.41) is 3.46. The molecule has 16 heavy (non-hydrogen) atoms. The van der Waals surface area contributed by atoms with Crippen LogP contribution in [-0.2, 0) is 0 Å². The van der Waals surface area contributed by atoms with Crippen LogP contribution >= 0.6 is 0 Å². The number of methoxy groups -OCH3 is 1. The quantitative estimate of drug-likeness (QED) is 0.814. The average Bonchev–Trinajstić information content (AvgIpc) is 2.76. The molecule has 2 aliphatic rings. The van der Waals surface area contributed by atoms with E-state index in [2.05, 4.69) is 28.4 Å². The predicted molar refractivity (Wildman–Crippen MR) is 65.1 cm³/mol. The molecule has 3 heteroatoms. The smallest absolute Gasteiger partial charge is 0.120 e. The van der Waals surface area contributed by atoms with Crippen LogP contribution in [0.2, 0.25) is 0 Å². The van der Waals surface area contributed by atoms with Crippen LogP contribution in [-0.4, -0.2) is 33.3 Å². The Labute approximate surface area is 96.4 Å². The molecule has 1 aromatic rings. The van der Waals surface area contributed by atoms with Gasteiger partial charge in [0.05, 0.1) is 7.11 Å². The molecule has 2 heterocycles. The molecule has 0 amide bonds. The van der Waals surface area contributed by atoms with E-state index in [4.69, 9.17) is 4.74 Å². The Kier molecular flexibility index (Phi) is 2.28. The van der Waals surface area contributed by atoms with Crippen molar-refractivity contribution >= 4 is 5.69 Å². The van der Waals surface area contributed by atoms with Crippen LogP contribution in [0.1, 0.15) is 6.42 Å². The van der Waals surface area contributed by atoms with Crippen LogP contribution < -0.4 is 15.0 Å². The number of nitrogens with one attached hydrogen (secondary N) is 1. The van der Waals surface area contributed by atoms with Gasteiger partial charge in [-0.15, -0.1) is 0 Å². The number of hydrogen-bond acceptors (Lipinski definition) is 3. The number of nitrogens with zero attached hydrogens (tertiary/aromatic N) is 1. The highest BCUT2D eigenvalue weighted by molar-refractivity contribution is 5.53. The summed E-state index contributed by atoms with van der Waals surface area (Å²) in [6.45, 7) is 4.75. The molecular formula is C13H18N2O. The summed E-state index contributed by atoms with van der Waals surface area (Å²) >= 11 is 0. The molecule has 0 unspecified atom stereocenters. The highest BCUT2D eigenvalue weighted by atomic mass is 16.5. The topological polar surface area (TPSA) is 24.5 Å². The van der Waals surface area contributed by atoms with Crippen LogP contribution in [0.15, 0.2) is 24.3 Å². The maximum atomic E-state index is 5.25. The zero-order chi connectivity index (χ0) is 11.0. The highest BCUT2D eigenvalue weighted by Crippen LogP contribution is 2.39. The van der Waals surface area contributed by atoms with Gasteiger partial charge in [-0.1, -0.05) is 6.07 Å². The molecule has 3 nitrogen and oxygen atoms in total. The first kappa shape index (κ1) is 9.97. The van der Waals surface area contributed by atoms with E-state index in [9.17, 15) is 0 Å². The Hall–Kier alpha value is -1.22. The van der Waals surface area contributed by atoms with E-state index < -0.39 is 0 Å². The van der Waals surface area contributed by atoms with Crippen LogP contribution in [0.5, 0.6) is 5.75 Å². The second kappa shape index (κ2) is 3.67. The summed E-state index contributed by atoms with van der Waals surface area (Å²) in [4.78, 5) is 2.44. The molecule has 0 bridgehead atoms. The van der Waals surface area contributed by atoms with Gasteiger partial charge in [0.1, 0.15) is 5.75 Å². The summed E-state index contributed by atoms with van der Waals surface area (Å²) in [5.41, 5.74) is 1.85. The highest BCUT2D eigenvalue weighted by Gasteiger charge is 2.44. The Balaban J connectivity index is 1.71. The first-order chi connectivity index (χ1) is 7.81. The molecule has 0 atom stereocenters. The maximum Gasteiger partial charge on any atom is 0.120 e. The molecule has 2 aliphatic heterocycles. The minimum absolute atomic E-state index is 0.559. The van der Waals surface area contributed by atoms with Crippen molar-refractivity contribution in [3.05, 3.63) is 24.3 Å². The van der Waals surface area contributed by atoms with E-state index in [1.54, 1.807) is 7.11 Å². The molecule has 2 fully saturated rings. The first-order valence-corrected chi connectivity index (χ1v) is 5.91. The van der Waals surface area contributed by atoms with E-state index in [0.717, 1.165) is 5.75 Å². The van der Waals surface area contributed by atoms with Gasteiger partial charge in [0, 0.05) is 36.8 Å². The van der Waals surface area contributed by atoms with Gasteiger partial charge in [0.15, 0.2) is 0 Å². The van der Waals surface area contributed by atoms with E-state index >= 15 is 0 Å². The van der Waals surface area contributed by atoms with Crippen molar-refractivity contribution in [3.63, 3.8) is 0 Å². The van der Waals surface area contributed by atoms with Crippen molar-refractivity contribution in [2.45, 2.75) is 6.42 Å². The number of hydrogen-bond donors (Lipinski definition) is 1. The fourth-order valence-electron chi connectivity index (χ4n) is 2.82. The van der Waals surface area contributed by atoms with E-state index in [0.29, 0.717) is 5.41 Å². The van der Waals surface area contributed by atoms with Crippen LogP contribution in [0.4, 0.5) is 5.69 Å². The van der Waals surface area contributed by atoms with Crippen molar-refractivity contribution < 1.29 is 4.74 Å². The fourth-order valence-corrected chi connectivity index (χ4v) is 2.82. The zero-order valence-electron chi connectivity index (χ0n) is 9.70. The van der Waals surface area contributed by atoms with Gasteiger partial charge in [0.2, 0.25) is 0 Å². The van der Waals surface area contributed by atoms with Crippen molar-refractivity contribution in [1.29, 1.82) is 0 Å². The Bertz CT molecular complexity index is 377. The molecule has 0 aliphatic carbocycles. The van der Waals surface area contributed by atoms with Crippen LogP contribution in [0.25, 0.3) is 0 Å². The third-order valence-electron chi connectivity index (χ3n) is 3.80. The Morgan fingerprint density at radius 1 is 1.38 bits per heavy atom. The third-order valence-corrected chi connectivity index (χ3v) is 3.80. The van der Waals surface area contributed by atoms with Crippen LogP contribution in [0, 0.1) is 5.41 Å². The van der Waals surface area contributed by atoms with Gasteiger partial charge in [-0.25, -0.2) is 0 Å². The van der Waals surface area contributed by atoms with Gasteiger partial charge in [-0.2, -0.15) is 0 Å². The fraction of sp³-hybridized carbons (Fsp3) is 0.538. The summed E-state index contributed by atoms with van der Waals surface area (Å²) in [6.07, 6.45) is 1.33. The lowest BCUT2D eigenvalue weighted by Gasteiger charge is -2.49. The van der Waals surface area contributed by atoms with Gasteiger partial charge < -0.3 is 15.0 Å². The summed E-state index contributed by atoms with van der Waals surface area (Å²) in [7, 11) is 1.72. The SMILES string of the molecule is COc1cccc(N2CC3(CCNC3)C2)c1. The normalized spacial score (nSPS) is 22.2. The predicted octanol–water partition coefficient (Wildman–Crippen LogP) is 1.49. The molecule has 86 valence electrons. The van der Waals surface area contributed by atoms with Gasteiger partial charge in [0.25, 0.3) is 0 Å². The number of anilines is 1. The minimum Gasteiger partial charge on any atom is -0.497 e. The summed E-state index contributed by atoms with van der Waals surface area (Å²) in [5.74, 6) is 0.947. The second-order valence-corrected chi connectivity index (χ2v) is 4.98. The second-order valence-electron chi connectivity index (χ2n) is 4.98. The molecule has 1 aromatic carbocycles. The standard InChI is InChI=1S/C13H18N2O/c1-16-12-4-2-3-11(7-12)15-9-13(10-15)5-6-14-8-13/h2-4,7,14H,5-6,8-10H2,1H3. The van der Waals surface area contributed by atoms with Gasteiger partial charge in [-0.3, -0.25) is 0 Å². The monoisotopic (exact) mass is 218 g/mol. The first-order valence-electron chi connectivity index (χ1n) is 5.91. The molecule has 1 N–H and O–H groups in total. The summed E-state index contributed by atoms with van der Waals surface area (Å²) < 4.78 is 5.25. The Morgan fingerprint density at radius 3 is 2.94 bits per heavy atom. The lowest BCUT2D eigenvalue weighted by Crippen LogP contribution is -2.57. The summed E-state index contributed by atoms with van der Waals surface area (Å²) in [6, 6.07) is 8.34. The van der Waals surface area contributed by atoms with E-state index in [1.807, 2.05) is 6.07 Å². The van der Waals surface area contributed by atoms with Gasteiger partial charge >= 0.3 is 0 Å². The van der Waals surface area contributed by atoms with Crippen molar-refractivity contribution in [3.8, 4) is 5.75 Å². The van der Waals surface area contributed by atoms with Gasteiger partial charge in [-0.05, 0) is 25.1 Å². The number of benzene rings is 1. The number of rotatable bonds is 2. The zero-order valence-corrected chi connectivity index (χ0v) is 9.70.